The van der Waals surface area contributed by atoms with Crippen molar-refractivity contribution in [2.75, 3.05) is 24.3 Å². The van der Waals surface area contributed by atoms with Gasteiger partial charge in [-0.05, 0) is 25.1 Å². The Morgan fingerprint density at radius 2 is 1.94 bits per heavy atom. The summed E-state index contributed by atoms with van der Waals surface area (Å²) in [6.45, 7) is 2.64. The van der Waals surface area contributed by atoms with Crippen LogP contribution >= 0.6 is 0 Å². The first-order valence-corrected chi connectivity index (χ1v) is 5.94. The summed E-state index contributed by atoms with van der Waals surface area (Å²) >= 11 is 0. The van der Waals surface area contributed by atoms with E-state index in [1.807, 2.05) is 44.3 Å². The minimum absolute atomic E-state index is 0.667. The van der Waals surface area contributed by atoms with Crippen molar-refractivity contribution in [3.05, 3.63) is 42.7 Å². The van der Waals surface area contributed by atoms with E-state index in [2.05, 4.69) is 15.6 Å². The summed E-state index contributed by atoms with van der Waals surface area (Å²) in [5, 5.41) is 6.35. The Morgan fingerprint density at radius 3 is 2.72 bits per heavy atom. The number of benzene rings is 1. The van der Waals surface area contributed by atoms with Crippen LogP contribution in [0.1, 0.15) is 6.92 Å². The summed E-state index contributed by atoms with van der Waals surface area (Å²) in [5.74, 6) is 0.861. The molecule has 1 aromatic heterocycles. The highest BCUT2D eigenvalue weighted by molar-refractivity contribution is 5.63. The van der Waals surface area contributed by atoms with E-state index in [1.165, 1.54) is 0 Å². The molecule has 1 heterocycles. The fraction of sp³-hybridized carbons (Fsp3) is 0.214. The van der Waals surface area contributed by atoms with E-state index in [4.69, 9.17) is 4.74 Å². The Labute approximate surface area is 107 Å². The number of hydrogen-bond acceptors (Lipinski definition) is 4. The molecule has 0 aliphatic heterocycles. The van der Waals surface area contributed by atoms with Crippen molar-refractivity contribution in [2.45, 2.75) is 6.92 Å². The molecule has 2 rings (SSSR count). The summed E-state index contributed by atoms with van der Waals surface area (Å²) in [4.78, 5) is 4.15. The highest BCUT2D eigenvalue weighted by Gasteiger charge is 1.98. The Morgan fingerprint density at radius 1 is 1.11 bits per heavy atom. The summed E-state index contributed by atoms with van der Waals surface area (Å²) in [6.07, 6.45) is 3.57. The third-order valence-corrected chi connectivity index (χ3v) is 2.46. The fourth-order valence-electron chi connectivity index (χ4n) is 1.64. The second-order valence-corrected chi connectivity index (χ2v) is 3.80. The zero-order chi connectivity index (χ0) is 12.8. The third kappa shape index (κ3) is 3.13. The standard InChI is InChI=1S/C14H17N3O/c1-3-18-14-6-4-5-11(8-14)17-13-7-12(15-2)9-16-10-13/h4-10,15,17H,3H2,1-2H3. The van der Waals surface area contributed by atoms with E-state index in [1.54, 1.807) is 12.4 Å². The molecule has 2 aromatic rings. The van der Waals surface area contributed by atoms with Gasteiger partial charge in [0.2, 0.25) is 0 Å². The maximum Gasteiger partial charge on any atom is 0.121 e. The lowest BCUT2D eigenvalue weighted by atomic mass is 10.3. The van der Waals surface area contributed by atoms with E-state index < -0.39 is 0 Å². The van der Waals surface area contributed by atoms with Gasteiger partial charge in [-0.2, -0.15) is 0 Å². The van der Waals surface area contributed by atoms with Crippen molar-refractivity contribution in [3.63, 3.8) is 0 Å². The second-order valence-electron chi connectivity index (χ2n) is 3.80. The van der Waals surface area contributed by atoms with Crippen molar-refractivity contribution < 1.29 is 4.74 Å². The van der Waals surface area contributed by atoms with Crippen LogP contribution in [0.4, 0.5) is 17.1 Å². The number of aromatic nitrogens is 1. The van der Waals surface area contributed by atoms with Crippen LogP contribution in [-0.2, 0) is 0 Å². The maximum absolute atomic E-state index is 5.46. The van der Waals surface area contributed by atoms with Gasteiger partial charge in [-0.3, -0.25) is 4.98 Å². The van der Waals surface area contributed by atoms with Crippen molar-refractivity contribution in [1.29, 1.82) is 0 Å². The molecule has 0 saturated carbocycles. The zero-order valence-electron chi connectivity index (χ0n) is 10.6. The van der Waals surface area contributed by atoms with Crippen LogP contribution in [0.5, 0.6) is 5.75 Å². The van der Waals surface area contributed by atoms with Crippen molar-refractivity contribution in [1.82, 2.24) is 4.98 Å². The maximum atomic E-state index is 5.46. The summed E-state index contributed by atoms with van der Waals surface area (Å²) < 4.78 is 5.46. The molecule has 0 atom stereocenters. The smallest absolute Gasteiger partial charge is 0.121 e. The monoisotopic (exact) mass is 243 g/mol. The Balaban J connectivity index is 2.14. The summed E-state index contributed by atoms with van der Waals surface area (Å²) in [7, 11) is 1.87. The normalized spacial score (nSPS) is 9.89. The number of nitrogens with zero attached hydrogens (tertiary/aromatic N) is 1. The average molecular weight is 243 g/mol. The number of hydrogen-bond donors (Lipinski definition) is 2. The van der Waals surface area contributed by atoms with Crippen LogP contribution in [0.15, 0.2) is 42.7 Å². The molecule has 1 aromatic carbocycles. The largest absolute Gasteiger partial charge is 0.494 e. The molecule has 0 amide bonds. The van der Waals surface area contributed by atoms with E-state index in [0.717, 1.165) is 22.8 Å². The van der Waals surface area contributed by atoms with Crippen molar-refractivity contribution in [2.24, 2.45) is 0 Å². The quantitative estimate of drug-likeness (QED) is 0.846. The lowest BCUT2D eigenvalue weighted by Gasteiger charge is -2.09. The molecule has 0 saturated heterocycles. The molecule has 0 aliphatic rings. The van der Waals surface area contributed by atoms with Crippen LogP contribution in [0.3, 0.4) is 0 Å². The second kappa shape index (κ2) is 5.91. The summed E-state index contributed by atoms with van der Waals surface area (Å²) in [6, 6.07) is 9.87. The SMILES string of the molecule is CCOc1cccc(Nc2cncc(NC)c2)c1. The minimum Gasteiger partial charge on any atom is -0.494 e. The number of nitrogens with one attached hydrogen (secondary N) is 2. The zero-order valence-corrected chi connectivity index (χ0v) is 10.6. The molecule has 2 N–H and O–H groups in total. The molecule has 0 aliphatic carbocycles. The van der Waals surface area contributed by atoms with Gasteiger partial charge in [0.05, 0.1) is 30.4 Å². The lowest BCUT2D eigenvalue weighted by molar-refractivity contribution is 0.340. The number of rotatable bonds is 5. The van der Waals surface area contributed by atoms with Gasteiger partial charge in [0, 0.05) is 18.8 Å². The van der Waals surface area contributed by atoms with Crippen LogP contribution in [0, 0.1) is 0 Å². The van der Waals surface area contributed by atoms with Crippen molar-refractivity contribution >= 4 is 17.1 Å². The van der Waals surface area contributed by atoms with E-state index >= 15 is 0 Å². The first-order valence-electron chi connectivity index (χ1n) is 5.94. The van der Waals surface area contributed by atoms with Gasteiger partial charge in [0.25, 0.3) is 0 Å². The van der Waals surface area contributed by atoms with Gasteiger partial charge in [-0.15, -0.1) is 0 Å². The molecule has 0 unspecified atom stereocenters. The number of pyridine rings is 1. The van der Waals surface area contributed by atoms with Crippen LogP contribution in [0.25, 0.3) is 0 Å². The molecule has 0 spiro atoms. The number of anilines is 3. The van der Waals surface area contributed by atoms with Crippen molar-refractivity contribution in [3.8, 4) is 5.75 Å². The molecule has 0 radical (unpaired) electrons. The van der Waals surface area contributed by atoms with Gasteiger partial charge >= 0.3 is 0 Å². The average Bonchev–Trinajstić information content (AvgIpc) is 2.40. The minimum atomic E-state index is 0.667. The van der Waals surface area contributed by atoms with Crippen LogP contribution in [0.2, 0.25) is 0 Å². The van der Waals surface area contributed by atoms with Gasteiger partial charge in [0.15, 0.2) is 0 Å². The van der Waals surface area contributed by atoms with E-state index in [9.17, 15) is 0 Å². The molecular weight excluding hydrogens is 226 g/mol. The van der Waals surface area contributed by atoms with Crippen LogP contribution in [-0.4, -0.2) is 18.6 Å². The predicted molar refractivity (Wildman–Crippen MR) is 74.7 cm³/mol. The topological polar surface area (TPSA) is 46.2 Å². The Kier molecular flexibility index (Phi) is 4.02. The fourth-order valence-corrected chi connectivity index (χ4v) is 1.64. The van der Waals surface area contributed by atoms with E-state index in [-0.39, 0.29) is 0 Å². The molecule has 94 valence electrons. The first-order chi connectivity index (χ1) is 8.81. The third-order valence-electron chi connectivity index (χ3n) is 2.46. The molecule has 4 nitrogen and oxygen atoms in total. The highest BCUT2D eigenvalue weighted by Crippen LogP contribution is 2.22. The van der Waals surface area contributed by atoms with E-state index in [0.29, 0.717) is 6.61 Å². The predicted octanol–water partition coefficient (Wildman–Crippen LogP) is 3.27. The molecule has 0 fully saturated rings. The first kappa shape index (κ1) is 12.2. The Hall–Kier alpha value is -2.23. The van der Waals surface area contributed by atoms with Gasteiger partial charge in [-0.1, -0.05) is 6.07 Å². The van der Waals surface area contributed by atoms with Gasteiger partial charge < -0.3 is 15.4 Å². The Bertz CT molecular complexity index is 514. The molecule has 4 heteroatoms. The molecular formula is C14H17N3O. The lowest BCUT2D eigenvalue weighted by Crippen LogP contribution is -1.96. The van der Waals surface area contributed by atoms with Gasteiger partial charge in [0.1, 0.15) is 5.75 Å². The number of ether oxygens (including phenoxy) is 1. The van der Waals surface area contributed by atoms with Crippen LogP contribution < -0.4 is 15.4 Å². The molecule has 0 bridgehead atoms. The summed E-state index contributed by atoms with van der Waals surface area (Å²) in [5.41, 5.74) is 2.90. The molecule has 18 heavy (non-hydrogen) atoms. The highest BCUT2D eigenvalue weighted by atomic mass is 16.5. The van der Waals surface area contributed by atoms with Gasteiger partial charge in [-0.25, -0.2) is 0 Å².